The lowest BCUT2D eigenvalue weighted by Gasteiger charge is -2.29. The summed E-state index contributed by atoms with van der Waals surface area (Å²) in [6, 6.07) is 0.456. The van der Waals surface area contributed by atoms with Crippen LogP contribution in [0, 0.1) is 5.92 Å². The summed E-state index contributed by atoms with van der Waals surface area (Å²) in [4.78, 5) is 17.0. The van der Waals surface area contributed by atoms with Crippen LogP contribution >= 0.6 is 0 Å². The van der Waals surface area contributed by atoms with Crippen LogP contribution in [0.2, 0.25) is 0 Å². The molecule has 0 aliphatic carbocycles. The zero-order valence-corrected chi connectivity index (χ0v) is 12.1. The monoisotopic (exact) mass is 253 g/mol. The van der Waals surface area contributed by atoms with Gasteiger partial charge in [-0.05, 0) is 38.8 Å². The Morgan fingerprint density at radius 3 is 2.67 bits per heavy atom. The van der Waals surface area contributed by atoms with Gasteiger partial charge in [0.05, 0.1) is 12.2 Å². The van der Waals surface area contributed by atoms with Crippen molar-refractivity contribution in [2.45, 2.75) is 58.3 Å². The zero-order valence-electron chi connectivity index (χ0n) is 12.1. The lowest BCUT2D eigenvalue weighted by atomic mass is 10.0. The van der Waals surface area contributed by atoms with Crippen molar-refractivity contribution in [2.75, 3.05) is 20.1 Å². The third-order valence-corrected chi connectivity index (χ3v) is 4.14. The molecule has 104 valence electrons. The molecule has 3 atom stereocenters. The maximum atomic E-state index is 12.5. The molecule has 0 aromatic carbocycles. The van der Waals surface area contributed by atoms with Crippen LogP contribution in [0.25, 0.3) is 0 Å². The van der Waals surface area contributed by atoms with Crippen molar-refractivity contribution in [3.63, 3.8) is 0 Å². The molecule has 2 heterocycles. The fourth-order valence-corrected chi connectivity index (χ4v) is 3.25. The molecule has 0 aromatic heterocycles. The smallest absolute Gasteiger partial charge is 0.241 e. The molecule has 1 amide bonds. The first-order chi connectivity index (χ1) is 8.52. The second-order valence-electron chi connectivity index (χ2n) is 6.22. The van der Waals surface area contributed by atoms with E-state index in [0.29, 0.717) is 17.9 Å². The quantitative estimate of drug-likeness (QED) is 0.819. The van der Waals surface area contributed by atoms with E-state index in [-0.39, 0.29) is 12.2 Å². The molecule has 2 fully saturated rings. The highest BCUT2D eigenvalue weighted by Crippen LogP contribution is 2.25. The number of carbonyl (C=O) groups is 1. The zero-order chi connectivity index (χ0) is 13.3. The average molecular weight is 253 g/mol. The van der Waals surface area contributed by atoms with Gasteiger partial charge in [-0.2, -0.15) is 0 Å². The van der Waals surface area contributed by atoms with Crippen LogP contribution in [0.15, 0.2) is 0 Å². The number of rotatable bonds is 4. The number of hydrogen-bond acceptors (Lipinski definition) is 3. The minimum Gasteiger partial charge on any atom is -0.321 e. The molecule has 2 aliphatic rings. The number of likely N-dealkylation sites (N-methyl/N-ethyl adjacent to an activating group) is 1. The molecule has 2 aliphatic heterocycles. The molecule has 0 saturated carbocycles. The minimum absolute atomic E-state index is 0.0425. The van der Waals surface area contributed by atoms with Gasteiger partial charge < -0.3 is 9.80 Å². The van der Waals surface area contributed by atoms with Gasteiger partial charge in [-0.3, -0.25) is 10.1 Å². The third-order valence-electron chi connectivity index (χ3n) is 4.14. The Morgan fingerprint density at radius 1 is 1.44 bits per heavy atom. The van der Waals surface area contributed by atoms with E-state index in [0.717, 1.165) is 32.4 Å². The largest absolute Gasteiger partial charge is 0.321 e. The van der Waals surface area contributed by atoms with Crippen molar-refractivity contribution in [1.82, 2.24) is 15.1 Å². The highest BCUT2D eigenvalue weighted by Gasteiger charge is 2.42. The molecule has 0 spiro atoms. The number of hydrogen-bond donors (Lipinski definition) is 1. The molecular weight excluding hydrogens is 226 g/mol. The molecule has 1 N–H and O–H groups in total. The summed E-state index contributed by atoms with van der Waals surface area (Å²) in [5.41, 5.74) is 0. The van der Waals surface area contributed by atoms with Gasteiger partial charge in [0.2, 0.25) is 5.91 Å². The van der Waals surface area contributed by atoms with Gasteiger partial charge in [0.15, 0.2) is 0 Å². The molecule has 0 aromatic rings. The molecule has 0 bridgehead atoms. The third kappa shape index (κ3) is 2.69. The molecule has 0 radical (unpaired) electrons. The number of likely N-dealkylation sites (tertiary alicyclic amines) is 1. The SMILES string of the molecule is CCC1NC(CC(C)C)C(=O)N1C1CCN(C)C1. The standard InChI is InChI=1S/C14H27N3O/c1-5-13-15-12(8-10(2)3)14(18)17(13)11-6-7-16(4)9-11/h10-13,15H,5-9H2,1-4H3. The Morgan fingerprint density at radius 2 is 2.17 bits per heavy atom. The second kappa shape index (κ2) is 5.57. The summed E-state index contributed by atoms with van der Waals surface area (Å²) in [5.74, 6) is 0.894. The van der Waals surface area contributed by atoms with Gasteiger partial charge in [0.1, 0.15) is 0 Å². The molecule has 2 rings (SSSR count). The Hall–Kier alpha value is -0.610. The lowest BCUT2D eigenvalue weighted by molar-refractivity contribution is -0.132. The summed E-state index contributed by atoms with van der Waals surface area (Å²) >= 11 is 0. The van der Waals surface area contributed by atoms with Crippen molar-refractivity contribution in [1.29, 1.82) is 0 Å². The van der Waals surface area contributed by atoms with Crippen LogP contribution in [0.1, 0.15) is 40.0 Å². The average Bonchev–Trinajstić information content (AvgIpc) is 2.83. The van der Waals surface area contributed by atoms with Crippen LogP contribution in [-0.2, 0) is 4.79 Å². The highest BCUT2D eigenvalue weighted by molar-refractivity contribution is 5.84. The minimum atomic E-state index is 0.0425. The highest BCUT2D eigenvalue weighted by atomic mass is 16.2. The summed E-state index contributed by atoms with van der Waals surface area (Å²) in [5, 5.41) is 3.52. The normalized spacial score (nSPS) is 33.9. The summed E-state index contributed by atoms with van der Waals surface area (Å²) < 4.78 is 0. The first-order valence-electron chi connectivity index (χ1n) is 7.29. The molecule has 18 heavy (non-hydrogen) atoms. The van der Waals surface area contributed by atoms with Crippen LogP contribution in [0.5, 0.6) is 0 Å². The predicted octanol–water partition coefficient (Wildman–Crippen LogP) is 1.27. The van der Waals surface area contributed by atoms with Crippen molar-refractivity contribution in [3.8, 4) is 0 Å². The summed E-state index contributed by atoms with van der Waals surface area (Å²) in [6.45, 7) is 8.66. The summed E-state index contributed by atoms with van der Waals surface area (Å²) in [7, 11) is 2.14. The number of nitrogens with zero attached hydrogens (tertiary/aromatic N) is 2. The van der Waals surface area contributed by atoms with Gasteiger partial charge in [0.25, 0.3) is 0 Å². The van der Waals surface area contributed by atoms with Crippen LogP contribution < -0.4 is 5.32 Å². The second-order valence-corrected chi connectivity index (χ2v) is 6.22. The van der Waals surface area contributed by atoms with E-state index in [9.17, 15) is 4.79 Å². The number of carbonyl (C=O) groups excluding carboxylic acids is 1. The Balaban J connectivity index is 2.05. The molecular formula is C14H27N3O. The van der Waals surface area contributed by atoms with Crippen molar-refractivity contribution >= 4 is 5.91 Å². The van der Waals surface area contributed by atoms with Crippen molar-refractivity contribution in [2.24, 2.45) is 5.92 Å². The first-order valence-corrected chi connectivity index (χ1v) is 7.29. The maximum absolute atomic E-state index is 12.5. The van der Waals surface area contributed by atoms with E-state index in [1.165, 1.54) is 0 Å². The van der Waals surface area contributed by atoms with Gasteiger partial charge >= 0.3 is 0 Å². The van der Waals surface area contributed by atoms with E-state index in [1.54, 1.807) is 0 Å². The number of nitrogens with one attached hydrogen (secondary N) is 1. The van der Waals surface area contributed by atoms with Gasteiger partial charge in [-0.25, -0.2) is 0 Å². The van der Waals surface area contributed by atoms with E-state index >= 15 is 0 Å². The fourth-order valence-electron chi connectivity index (χ4n) is 3.25. The summed E-state index contributed by atoms with van der Waals surface area (Å²) in [6.07, 6.45) is 3.32. The molecule has 3 unspecified atom stereocenters. The van der Waals surface area contributed by atoms with Crippen LogP contribution in [-0.4, -0.2) is 54.1 Å². The molecule has 2 saturated heterocycles. The van der Waals surface area contributed by atoms with E-state index in [1.807, 2.05) is 0 Å². The Bertz CT molecular complexity index is 305. The van der Waals surface area contributed by atoms with Crippen molar-refractivity contribution < 1.29 is 4.79 Å². The maximum Gasteiger partial charge on any atom is 0.241 e. The van der Waals surface area contributed by atoms with Gasteiger partial charge in [0, 0.05) is 12.6 Å². The predicted molar refractivity (Wildman–Crippen MR) is 73.2 cm³/mol. The van der Waals surface area contributed by atoms with Crippen LogP contribution in [0.3, 0.4) is 0 Å². The Labute approximate surface area is 111 Å². The van der Waals surface area contributed by atoms with Gasteiger partial charge in [-0.15, -0.1) is 0 Å². The van der Waals surface area contributed by atoms with Crippen molar-refractivity contribution in [3.05, 3.63) is 0 Å². The van der Waals surface area contributed by atoms with Crippen LogP contribution in [0.4, 0.5) is 0 Å². The topological polar surface area (TPSA) is 35.6 Å². The molecule has 4 heteroatoms. The van der Waals surface area contributed by atoms with E-state index in [4.69, 9.17) is 0 Å². The Kier molecular flexibility index (Phi) is 4.28. The van der Waals surface area contributed by atoms with E-state index in [2.05, 4.69) is 42.9 Å². The fraction of sp³-hybridized carbons (Fsp3) is 0.929. The van der Waals surface area contributed by atoms with E-state index < -0.39 is 0 Å². The lowest BCUT2D eigenvalue weighted by Crippen LogP contribution is -2.45. The van der Waals surface area contributed by atoms with Gasteiger partial charge in [-0.1, -0.05) is 20.8 Å². The first kappa shape index (κ1) is 13.8. The number of amides is 1. The molecule has 4 nitrogen and oxygen atoms in total.